The zero-order valence-corrected chi connectivity index (χ0v) is 22.0. The number of amides is 1. The molecule has 1 amide bonds. The maximum Gasteiger partial charge on any atom is 0.236 e. The molecule has 174 valence electrons. The normalized spacial score (nSPS) is 23.0. The molecule has 2 N–H and O–H groups in total. The largest absolute Gasteiger partial charge is 0.467 e. The summed E-state index contributed by atoms with van der Waals surface area (Å²) in [6.45, 7) is 5.92. The van der Waals surface area contributed by atoms with Crippen molar-refractivity contribution >= 4 is 62.1 Å². The fourth-order valence-electron chi connectivity index (χ4n) is 4.92. The highest BCUT2D eigenvalue weighted by atomic mass is 79.9. The van der Waals surface area contributed by atoms with Gasteiger partial charge < -0.3 is 15.4 Å². The van der Waals surface area contributed by atoms with E-state index in [4.69, 9.17) is 28.6 Å². The van der Waals surface area contributed by atoms with Crippen LogP contribution in [0.25, 0.3) is 0 Å². The van der Waals surface area contributed by atoms with Gasteiger partial charge in [0.2, 0.25) is 5.91 Å². The Morgan fingerprint density at radius 3 is 2.71 bits per heavy atom. The highest BCUT2D eigenvalue weighted by Gasteiger charge is 2.59. The fraction of sp³-hybridized carbons (Fsp3) is 0.231. The Bertz CT molecular complexity index is 1330. The second-order valence-corrected chi connectivity index (χ2v) is 10.6. The van der Waals surface area contributed by atoms with Crippen LogP contribution >= 0.6 is 39.7 Å². The van der Waals surface area contributed by atoms with Crippen LogP contribution in [-0.2, 0) is 4.79 Å². The number of benzene rings is 3. The fourth-order valence-corrected chi connectivity index (χ4v) is 5.90. The van der Waals surface area contributed by atoms with Crippen LogP contribution in [0.3, 0.4) is 0 Å². The number of halogens is 2. The number of fused-ring (bicyclic) bond motifs is 4. The van der Waals surface area contributed by atoms with Crippen molar-refractivity contribution in [1.82, 2.24) is 5.32 Å². The Kier molecular flexibility index (Phi) is 5.82. The highest BCUT2D eigenvalue weighted by molar-refractivity contribution is 9.10. The number of carbonyl (C=O) groups is 1. The lowest BCUT2D eigenvalue weighted by Crippen LogP contribution is -2.72. The molecule has 8 heteroatoms. The Balaban J connectivity index is 1.63. The minimum Gasteiger partial charge on any atom is -0.467 e. The predicted octanol–water partition coefficient (Wildman–Crippen LogP) is 6.52. The van der Waals surface area contributed by atoms with E-state index in [-0.39, 0.29) is 11.9 Å². The molecule has 3 aromatic rings. The van der Waals surface area contributed by atoms with Crippen molar-refractivity contribution in [2.45, 2.75) is 32.5 Å². The van der Waals surface area contributed by atoms with Crippen LogP contribution in [0.1, 0.15) is 29.7 Å². The van der Waals surface area contributed by atoms with E-state index in [1.54, 1.807) is 6.07 Å². The molecule has 0 aliphatic carbocycles. The lowest BCUT2D eigenvalue weighted by molar-refractivity contribution is -0.130. The van der Waals surface area contributed by atoms with Crippen LogP contribution in [0.4, 0.5) is 11.4 Å². The smallest absolute Gasteiger partial charge is 0.236 e. The number of rotatable bonds is 3. The minimum absolute atomic E-state index is 0.160. The van der Waals surface area contributed by atoms with Crippen LogP contribution in [-0.4, -0.2) is 16.7 Å². The number of carbonyl (C=O) groups excluding carboxylic acids is 1. The van der Waals surface area contributed by atoms with Gasteiger partial charge in [-0.25, -0.2) is 0 Å². The molecule has 1 saturated heterocycles. The monoisotopic (exact) mass is 555 g/mol. The first-order valence-corrected chi connectivity index (χ1v) is 12.5. The molecule has 3 aromatic carbocycles. The third kappa shape index (κ3) is 3.85. The Labute approximate surface area is 217 Å². The van der Waals surface area contributed by atoms with E-state index in [9.17, 15) is 4.79 Å². The number of aryl methyl sites for hydroxylation is 2. The Morgan fingerprint density at radius 2 is 1.97 bits per heavy atom. The average molecular weight is 557 g/mol. The van der Waals surface area contributed by atoms with Crippen molar-refractivity contribution in [3.63, 3.8) is 0 Å². The molecule has 5 rings (SSSR count). The first-order valence-electron chi connectivity index (χ1n) is 10.9. The minimum atomic E-state index is -1.10. The van der Waals surface area contributed by atoms with Gasteiger partial charge in [-0.3, -0.25) is 9.69 Å². The van der Waals surface area contributed by atoms with Crippen molar-refractivity contribution < 1.29 is 9.53 Å². The van der Waals surface area contributed by atoms with Gasteiger partial charge in [0.25, 0.3) is 0 Å². The summed E-state index contributed by atoms with van der Waals surface area (Å²) in [4.78, 5) is 15.8. The SMILES string of the molecule is Cc1ccc(NC(=O)[C@@H]2[C@H]3NC(=S)N(c4cccc(Cl)c4)[C@@]2(C)Oc2ccc(Br)cc23)c(C)c1. The lowest BCUT2D eigenvalue weighted by atomic mass is 9.78. The number of nitrogens with one attached hydrogen (secondary N) is 2. The van der Waals surface area contributed by atoms with Crippen molar-refractivity contribution in [3.05, 3.63) is 86.8 Å². The third-order valence-electron chi connectivity index (χ3n) is 6.45. The second-order valence-electron chi connectivity index (χ2n) is 8.87. The number of hydrogen-bond acceptors (Lipinski definition) is 3. The van der Waals surface area contributed by atoms with E-state index >= 15 is 0 Å². The summed E-state index contributed by atoms with van der Waals surface area (Å²) in [6, 6.07) is 18.8. The van der Waals surface area contributed by atoms with Crippen LogP contribution in [0, 0.1) is 19.8 Å². The number of nitrogens with zero attached hydrogens (tertiary/aromatic N) is 1. The molecule has 5 nitrogen and oxygen atoms in total. The standard InChI is InChI=1S/C26H23BrClN3O2S/c1-14-7-9-20(15(2)11-14)29-24(32)22-23-19-12-16(27)8-10-21(19)33-26(22,3)31(25(34)30-23)18-6-4-5-17(28)13-18/h4-13,22-23H,1-3H3,(H,29,32)(H,30,34)/t22-,23-,26-/m0/s1. The Hall–Kier alpha value is -2.61. The van der Waals surface area contributed by atoms with E-state index in [1.807, 2.05) is 80.3 Å². The molecule has 3 atom stereocenters. The number of hydrogen-bond donors (Lipinski definition) is 2. The van der Waals surface area contributed by atoms with E-state index in [2.05, 4.69) is 26.6 Å². The molecule has 0 unspecified atom stereocenters. The molecule has 34 heavy (non-hydrogen) atoms. The van der Waals surface area contributed by atoms with Crippen LogP contribution in [0.15, 0.2) is 65.1 Å². The zero-order chi connectivity index (χ0) is 24.2. The summed E-state index contributed by atoms with van der Waals surface area (Å²) in [5.41, 5.74) is 3.43. The lowest BCUT2D eigenvalue weighted by Gasteiger charge is -2.56. The molecule has 0 spiro atoms. The number of thiocarbonyl (C=S) groups is 1. The summed E-state index contributed by atoms with van der Waals surface area (Å²) in [6.07, 6.45) is 0. The second kappa shape index (κ2) is 8.56. The summed E-state index contributed by atoms with van der Waals surface area (Å²) in [5.74, 6) is -0.0823. The maximum absolute atomic E-state index is 13.9. The molecule has 0 radical (unpaired) electrons. The summed E-state index contributed by atoms with van der Waals surface area (Å²) in [5, 5.41) is 7.60. The van der Waals surface area contributed by atoms with Crippen molar-refractivity contribution in [1.29, 1.82) is 0 Å². The number of ether oxygens (including phenoxy) is 1. The Morgan fingerprint density at radius 1 is 1.18 bits per heavy atom. The summed E-state index contributed by atoms with van der Waals surface area (Å²) in [7, 11) is 0. The predicted molar refractivity (Wildman–Crippen MR) is 144 cm³/mol. The zero-order valence-electron chi connectivity index (χ0n) is 18.9. The van der Waals surface area contributed by atoms with Gasteiger partial charge in [0.05, 0.1) is 6.04 Å². The van der Waals surface area contributed by atoms with Gasteiger partial charge in [0.1, 0.15) is 11.7 Å². The van der Waals surface area contributed by atoms with Crippen LogP contribution in [0.2, 0.25) is 5.02 Å². The molecular weight excluding hydrogens is 534 g/mol. The molecule has 0 aromatic heterocycles. The van der Waals surface area contributed by atoms with Gasteiger partial charge in [-0.05, 0) is 81.0 Å². The summed E-state index contributed by atoms with van der Waals surface area (Å²) >= 11 is 15.7. The first-order chi connectivity index (χ1) is 16.2. The van der Waals surface area contributed by atoms with E-state index in [1.165, 1.54) is 0 Å². The van der Waals surface area contributed by atoms with Crippen molar-refractivity contribution in [3.8, 4) is 5.75 Å². The van der Waals surface area contributed by atoms with E-state index in [0.717, 1.165) is 32.5 Å². The molecule has 1 fully saturated rings. The highest BCUT2D eigenvalue weighted by Crippen LogP contribution is 2.50. The molecule has 2 bridgehead atoms. The van der Waals surface area contributed by atoms with Crippen LogP contribution < -0.4 is 20.3 Å². The van der Waals surface area contributed by atoms with Crippen molar-refractivity contribution in [2.24, 2.45) is 5.92 Å². The van der Waals surface area contributed by atoms with Crippen molar-refractivity contribution in [2.75, 3.05) is 10.2 Å². The van der Waals surface area contributed by atoms with E-state index < -0.39 is 11.6 Å². The molecule has 0 saturated carbocycles. The quantitative estimate of drug-likeness (QED) is 0.360. The van der Waals surface area contributed by atoms with Gasteiger partial charge in [0.15, 0.2) is 10.8 Å². The summed E-state index contributed by atoms with van der Waals surface area (Å²) < 4.78 is 7.52. The van der Waals surface area contributed by atoms with Crippen LogP contribution in [0.5, 0.6) is 5.75 Å². The molecule has 2 heterocycles. The van der Waals surface area contributed by atoms with Gasteiger partial charge in [-0.15, -0.1) is 0 Å². The molecule has 2 aliphatic heterocycles. The van der Waals surface area contributed by atoms with Gasteiger partial charge in [-0.2, -0.15) is 0 Å². The van der Waals surface area contributed by atoms with Gasteiger partial charge >= 0.3 is 0 Å². The maximum atomic E-state index is 13.9. The van der Waals surface area contributed by atoms with E-state index in [0.29, 0.717) is 15.9 Å². The molecular formula is C26H23BrClN3O2S. The van der Waals surface area contributed by atoms with Gasteiger partial charge in [0, 0.05) is 26.4 Å². The molecule has 2 aliphatic rings. The third-order valence-corrected chi connectivity index (χ3v) is 7.48. The topological polar surface area (TPSA) is 53.6 Å². The van der Waals surface area contributed by atoms with Gasteiger partial charge in [-0.1, -0.05) is 51.3 Å². The average Bonchev–Trinajstić information content (AvgIpc) is 2.76. The number of anilines is 2. The first kappa shape index (κ1) is 23.1.